The van der Waals surface area contributed by atoms with Crippen LogP contribution in [0.25, 0.3) is 0 Å². The van der Waals surface area contributed by atoms with Crippen molar-refractivity contribution in [1.82, 2.24) is 0 Å². The number of hydrogen-bond acceptors (Lipinski definition) is 8. The highest BCUT2D eigenvalue weighted by atomic mass is 19.4. The molecule has 8 nitrogen and oxygen atoms in total. The number of amidine groups is 4. The van der Waals surface area contributed by atoms with Crippen LogP contribution in [0.15, 0.2) is 159 Å². The Hall–Kier alpha value is -7.12. The molecule has 0 aromatic heterocycles. The van der Waals surface area contributed by atoms with Gasteiger partial charge in [-0.15, -0.1) is 0 Å². The van der Waals surface area contributed by atoms with Gasteiger partial charge in [0.25, 0.3) is 0 Å². The predicted octanol–water partition coefficient (Wildman–Crippen LogP) is 11.8. The Morgan fingerprint density at radius 1 is 0.435 bits per heavy atom. The maximum atomic E-state index is 14.1. The van der Waals surface area contributed by atoms with Crippen molar-refractivity contribution in [2.75, 3.05) is 27.0 Å². The van der Waals surface area contributed by atoms with E-state index in [2.05, 4.69) is 30.6 Å². The van der Waals surface area contributed by atoms with Gasteiger partial charge in [0.15, 0.2) is 23.3 Å². The summed E-state index contributed by atoms with van der Waals surface area (Å²) in [5.74, 6) is -1.58. The molecule has 1 fully saturated rings. The van der Waals surface area contributed by atoms with Crippen LogP contribution in [-0.4, -0.2) is 29.9 Å². The highest BCUT2D eigenvalue weighted by Gasteiger charge is 2.43. The van der Waals surface area contributed by atoms with Gasteiger partial charge >= 0.3 is 24.7 Å². The van der Waals surface area contributed by atoms with Crippen LogP contribution >= 0.6 is 0 Å². The molecule has 0 radical (unpaired) electrons. The summed E-state index contributed by atoms with van der Waals surface area (Å²) in [5.41, 5.74) is -3.93. The summed E-state index contributed by atoms with van der Waals surface area (Å²) >= 11 is 0. The summed E-state index contributed by atoms with van der Waals surface area (Å²) in [6.45, 7) is -0.181. The number of fused-ring (bicyclic) bond motifs is 1. The van der Waals surface area contributed by atoms with Crippen LogP contribution in [0.2, 0.25) is 0 Å². The Morgan fingerprint density at radius 2 is 0.855 bits per heavy atom. The van der Waals surface area contributed by atoms with Gasteiger partial charge in [0.1, 0.15) is 0 Å². The Morgan fingerprint density at radius 3 is 1.35 bits per heavy atom. The highest BCUT2D eigenvalue weighted by molar-refractivity contribution is 6.52. The van der Waals surface area contributed by atoms with Crippen molar-refractivity contribution in [2.45, 2.75) is 30.7 Å². The smallest absolute Gasteiger partial charge is 0.337 e. The van der Waals surface area contributed by atoms with Gasteiger partial charge < -0.3 is 20.4 Å². The molecule has 0 amide bonds. The van der Waals surface area contributed by atoms with Crippen LogP contribution in [0.5, 0.6) is 0 Å². The van der Waals surface area contributed by atoms with Crippen molar-refractivity contribution in [3.63, 3.8) is 0 Å². The van der Waals surface area contributed by atoms with Crippen molar-refractivity contribution < 1.29 is 52.7 Å². The minimum absolute atomic E-state index is 0.0145. The van der Waals surface area contributed by atoms with Crippen molar-refractivity contribution in [3.05, 3.63) is 167 Å². The second-order valence-corrected chi connectivity index (χ2v) is 13.8. The van der Waals surface area contributed by atoms with Crippen molar-refractivity contribution in [3.8, 4) is 0 Å². The molecule has 5 aromatic rings. The maximum Gasteiger partial charge on any atom is 0.416 e. The zero-order valence-electron chi connectivity index (χ0n) is 31.1. The van der Waals surface area contributed by atoms with E-state index in [9.17, 15) is 52.7 Å². The average Bonchev–Trinajstić information content (AvgIpc) is 3.84. The number of anilines is 4. The first kappa shape index (κ1) is 41.6. The summed E-state index contributed by atoms with van der Waals surface area (Å²) in [5, 5.41) is 5.39. The minimum atomic E-state index is -4.78. The Kier molecular flexibility index (Phi) is 10.3. The van der Waals surface area contributed by atoms with Gasteiger partial charge in [0.05, 0.1) is 28.3 Å². The molecule has 8 rings (SSSR count). The zero-order valence-corrected chi connectivity index (χ0v) is 31.1. The van der Waals surface area contributed by atoms with Gasteiger partial charge in [-0.3, -0.25) is 0 Å². The maximum absolute atomic E-state index is 14.1. The van der Waals surface area contributed by atoms with Crippen molar-refractivity contribution in [1.29, 1.82) is 0 Å². The van der Waals surface area contributed by atoms with E-state index in [0.717, 1.165) is 60.7 Å². The SMILES string of the molecule is FC(F)(F)c1cccc(NC2=NC(=C3N=C4C(=N3)N(c3cccc(C(F)(F)F)c3)C(c3ccccc3)CN4c3cccc(C(F)(F)F)c3)N=C2Nc2cccc(C(F)(F)F)c2)c1. The molecular weight excluding hydrogens is 844 g/mol. The normalized spacial score (nSPS) is 17.1. The number of piperazine rings is 1. The monoisotopic (exact) mass is 870 g/mol. The Labute approximate surface area is 343 Å². The second-order valence-electron chi connectivity index (χ2n) is 13.8. The van der Waals surface area contributed by atoms with Crippen molar-refractivity contribution in [2.24, 2.45) is 20.0 Å². The minimum Gasteiger partial charge on any atom is -0.337 e. The lowest BCUT2D eigenvalue weighted by atomic mass is 9.99. The van der Waals surface area contributed by atoms with Crippen LogP contribution in [0, 0.1) is 0 Å². The third-order valence-electron chi connectivity index (χ3n) is 9.66. The number of halogens is 12. The molecule has 1 atom stereocenters. The molecule has 0 bridgehead atoms. The van der Waals surface area contributed by atoms with Crippen molar-refractivity contribution >= 4 is 46.1 Å². The van der Waals surface area contributed by atoms with E-state index in [1.165, 1.54) is 46.2 Å². The van der Waals surface area contributed by atoms with Gasteiger partial charge in [0.2, 0.25) is 11.6 Å². The molecule has 5 aromatic carbocycles. The number of nitrogens with one attached hydrogen (secondary N) is 2. The second kappa shape index (κ2) is 15.4. The third-order valence-corrected chi connectivity index (χ3v) is 9.66. The fourth-order valence-electron chi connectivity index (χ4n) is 6.84. The number of aliphatic imine (C=N–C) groups is 4. The molecule has 0 spiro atoms. The molecule has 20 heteroatoms. The number of hydrogen-bond donors (Lipinski definition) is 2. The summed E-state index contributed by atoms with van der Waals surface area (Å²) in [7, 11) is 0. The van der Waals surface area contributed by atoms with Gasteiger partial charge in [-0.2, -0.15) is 52.7 Å². The Bertz CT molecular complexity index is 2620. The van der Waals surface area contributed by atoms with Crippen LogP contribution in [0.4, 0.5) is 75.4 Å². The first-order valence-electron chi connectivity index (χ1n) is 18.2. The van der Waals surface area contributed by atoms with Gasteiger partial charge in [-0.25, -0.2) is 20.0 Å². The topological polar surface area (TPSA) is 80.0 Å². The van der Waals surface area contributed by atoms with E-state index in [0.29, 0.717) is 5.56 Å². The third kappa shape index (κ3) is 8.57. The zero-order chi connectivity index (χ0) is 44.2. The number of alkyl halides is 12. The molecule has 3 aliphatic heterocycles. The molecule has 318 valence electrons. The first-order valence-corrected chi connectivity index (χ1v) is 18.2. The molecular formula is C42H26F12N8. The fourth-order valence-corrected chi connectivity index (χ4v) is 6.84. The number of benzene rings is 5. The molecule has 62 heavy (non-hydrogen) atoms. The van der Waals surface area contributed by atoms with E-state index in [-0.39, 0.29) is 64.3 Å². The van der Waals surface area contributed by atoms with E-state index in [4.69, 9.17) is 0 Å². The molecule has 3 aliphatic rings. The number of rotatable bonds is 5. The van der Waals surface area contributed by atoms with Crippen LogP contribution < -0.4 is 20.4 Å². The molecule has 1 unspecified atom stereocenters. The van der Waals surface area contributed by atoms with E-state index >= 15 is 0 Å². The summed E-state index contributed by atoms with van der Waals surface area (Å²) in [4.78, 5) is 20.9. The van der Waals surface area contributed by atoms with E-state index in [1.54, 1.807) is 30.3 Å². The summed E-state index contributed by atoms with van der Waals surface area (Å²) in [6, 6.07) is 23.9. The lowest BCUT2D eigenvalue weighted by Crippen LogP contribution is -2.55. The molecule has 3 heterocycles. The highest BCUT2D eigenvalue weighted by Crippen LogP contribution is 2.42. The van der Waals surface area contributed by atoms with Crippen LogP contribution in [0.3, 0.4) is 0 Å². The van der Waals surface area contributed by atoms with E-state index in [1.807, 2.05) is 0 Å². The van der Waals surface area contributed by atoms with Crippen LogP contribution in [-0.2, 0) is 24.7 Å². The van der Waals surface area contributed by atoms with Gasteiger partial charge in [0, 0.05) is 29.3 Å². The molecule has 0 saturated carbocycles. The number of nitrogens with zero attached hydrogens (tertiary/aromatic N) is 6. The standard InChI is InChI=1S/C42H26F12N8/c43-39(44,45)24-10-4-14-28(18-24)55-33-34(56-29-15-5-11-25(19-29)40(46,47)48)58-35(57-33)36-59-37-38(60-36)62(31-17-7-13-27(21-31)42(52,53)54)32(23-8-2-1-3-9-23)22-61(37)30-16-6-12-26(20-30)41(49,50)51/h1-21,32H,22H2,(H,55,57)(H,56,58). The summed E-state index contributed by atoms with van der Waals surface area (Å²) < 4.78 is 166. The largest absolute Gasteiger partial charge is 0.416 e. The van der Waals surface area contributed by atoms with Crippen LogP contribution in [0.1, 0.15) is 33.9 Å². The quantitative estimate of drug-likeness (QED) is 0.172. The predicted molar refractivity (Wildman–Crippen MR) is 209 cm³/mol. The summed E-state index contributed by atoms with van der Waals surface area (Å²) in [6.07, 6.45) is -19.1. The Balaban J connectivity index is 1.32. The van der Waals surface area contributed by atoms with Gasteiger partial charge in [-0.1, -0.05) is 54.6 Å². The van der Waals surface area contributed by atoms with E-state index < -0.39 is 53.0 Å². The average molecular weight is 871 g/mol. The fraction of sp³-hybridized carbons (Fsp3) is 0.143. The first-order chi connectivity index (χ1) is 29.2. The lowest BCUT2D eigenvalue weighted by Gasteiger charge is -2.43. The lowest BCUT2D eigenvalue weighted by molar-refractivity contribution is -0.138. The molecule has 0 aliphatic carbocycles. The molecule has 1 saturated heterocycles. The molecule has 2 N–H and O–H groups in total. The van der Waals surface area contributed by atoms with Gasteiger partial charge in [-0.05, 0) is 78.4 Å².